The zero-order valence-corrected chi connectivity index (χ0v) is 16.7. The Kier molecular flexibility index (Phi) is 6.68. The van der Waals surface area contributed by atoms with Gasteiger partial charge in [-0.3, -0.25) is 9.10 Å². The lowest BCUT2D eigenvalue weighted by molar-refractivity contribution is -0.128. The van der Waals surface area contributed by atoms with Crippen molar-refractivity contribution in [1.82, 2.24) is 4.90 Å². The van der Waals surface area contributed by atoms with Crippen LogP contribution < -0.4 is 13.8 Å². The van der Waals surface area contributed by atoms with Gasteiger partial charge in [-0.25, -0.2) is 8.42 Å². The zero-order valence-electron chi connectivity index (χ0n) is 15.9. The van der Waals surface area contributed by atoms with Crippen LogP contribution in [-0.2, 0) is 21.4 Å². The lowest BCUT2D eigenvalue weighted by atomic mass is 10.2. The zero-order chi connectivity index (χ0) is 20.0. The van der Waals surface area contributed by atoms with Crippen LogP contribution in [-0.4, -0.2) is 53.3 Å². The van der Waals surface area contributed by atoms with Gasteiger partial charge in [0.2, 0.25) is 15.9 Å². The van der Waals surface area contributed by atoms with Crippen LogP contribution in [0, 0.1) is 0 Å². The summed E-state index contributed by atoms with van der Waals surface area (Å²) in [5, 5.41) is 0. The van der Waals surface area contributed by atoms with E-state index < -0.39 is 10.0 Å². The molecule has 27 heavy (non-hydrogen) atoms. The maximum Gasteiger partial charge on any atom is 0.243 e. The van der Waals surface area contributed by atoms with Gasteiger partial charge in [0.25, 0.3) is 0 Å². The number of carbonyl (C=O) groups excluding carboxylic acids is 1. The van der Waals surface area contributed by atoms with E-state index >= 15 is 0 Å². The summed E-state index contributed by atoms with van der Waals surface area (Å²) in [6.45, 7) is 0.0399. The average Bonchev–Trinajstić information content (AvgIpc) is 2.65. The number of rotatable bonds is 8. The molecule has 0 atom stereocenters. The van der Waals surface area contributed by atoms with E-state index in [9.17, 15) is 13.2 Å². The van der Waals surface area contributed by atoms with Gasteiger partial charge in [0, 0.05) is 13.6 Å². The van der Waals surface area contributed by atoms with E-state index in [1.807, 2.05) is 6.07 Å². The molecule has 2 aromatic rings. The molecule has 0 radical (unpaired) electrons. The minimum absolute atomic E-state index is 0.271. The van der Waals surface area contributed by atoms with Crippen LogP contribution in [0.25, 0.3) is 0 Å². The van der Waals surface area contributed by atoms with Crippen LogP contribution in [0.5, 0.6) is 11.5 Å². The second-order valence-corrected chi connectivity index (χ2v) is 7.95. The van der Waals surface area contributed by atoms with E-state index in [-0.39, 0.29) is 12.5 Å². The summed E-state index contributed by atoms with van der Waals surface area (Å²) >= 11 is 0. The van der Waals surface area contributed by atoms with E-state index in [4.69, 9.17) is 9.47 Å². The van der Waals surface area contributed by atoms with Gasteiger partial charge < -0.3 is 14.4 Å². The van der Waals surface area contributed by atoms with Gasteiger partial charge in [-0.05, 0) is 29.8 Å². The Labute approximate surface area is 160 Å². The molecule has 0 bridgehead atoms. The van der Waals surface area contributed by atoms with E-state index in [1.54, 1.807) is 63.7 Å². The second-order valence-electron chi connectivity index (χ2n) is 6.04. The molecule has 146 valence electrons. The standard InChI is InChI=1S/C19H24N2O5S/c1-20(13-15-10-11-17(25-2)18(12-15)26-3)19(22)14-21(27(4,23)24)16-8-6-5-7-9-16/h5-12H,13-14H2,1-4H3. The number of anilines is 1. The van der Waals surface area contributed by atoms with Crippen LogP contribution >= 0.6 is 0 Å². The maximum atomic E-state index is 12.6. The molecular weight excluding hydrogens is 368 g/mol. The van der Waals surface area contributed by atoms with Crippen LogP contribution in [0.3, 0.4) is 0 Å². The predicted molar refractivity (Wildman–Crippen MR) is 105 cm³/mol. The Morgan fingerprint density at radius 2 is 1.63 bits per heavy atom. The van der Waals surface area contributed by atoms with Crippen molar-refractivity contribution in [3.05, 3.63) is 54.1 Å². The van der Waals surface area contributed by atoms with Crippen molar-refractivity contribution in [3.8, 4) is 11.5 Å². The van der Waals surface area contributed by atoms with Gasteiger partial charge in [0.15, 0.2) is 11.5 Å². The van der Waals surface area contributed by atoms with E-state index in [0.29, 0.717) is 23.7 Å². The first-order chi connectivity index (χ1) is 12.8. The molecule has 0 spiro atoms. The van der Waals surface area contributed by atoms with Gasteiger partial charge in [0.05, 0.1) is 26.2 Å². The van der Waals surface area contributed by atoms with E-state index in [2.05, 4.69) is 0 Å². The number of nitrogens with zero attached hydrogens (tertiary/aromatic N) is 2. The predicted octanol–water partition coefficient (Wildman–Crippen LogP) is 2.13. The normalized spacial score (nSPS) is 11.0. The number of sulfonamides is 1. The van der Waals surface area contributed by atoms with E-state index in [0.717, 1.165) is 16.1 Å². The molecule has 0 heterocycles. The summed E-state index contributed by atoms with van der Waals surface area (Å²) in [6, 6.07) is 13.9. The molecule has 0 aromatic heterocycles. The summed E-state index contributed by atoms with van der Waals surface area (Å²) in [7, 11) is 1.13. The molecule has 0 saturated carbocycles. The van der Waals surface area contributed by atoms with Crippen LogP contribution in [0.4, 0.5) is 5.69 Å². The Morgan fingerprint density at radius 1 is 1.00 bits per heavy atom. The molecule has 0 N–H and O–H groups in total. The third kappa shape index (κ3) is 5.37. The maximum absolute atomic E-state index is 12.6. The molecule has 0 aliphatic heterocycles. The highest BCUT2D eigenvalue weighted by Crippen LogP contribution is 2.28. The van der Waals surface area contributed by atoms with Crippen molar-refractivity contribution >= 4 is 21.6 Å². The highest BCUT2D eigenvalue weighted by molar-refractivity contribution is 7.92. The Morgan fingerprint density at radius 3 is 2.19 bits per heavy atom. The molecule has 0 fully saturated rings. The van der Waals surface area contributed by atoms with Crippen LogP contribution in [0.1, 0.15) is 5.56 Å². The minimum Gasteiger partial charge on any atom is -0.493 e. The van der Waals surface area contributed by atoms with Crippen molar-refractivity contribution in [2.24, 2.45) is 0 Å². The van der Waals surface area contributed by atoms with Gasteiger partial charge in [-0.15, -0.1) is 0 Å². The second kappa shape index (κ2) is 8.77. The van der Waals surface area contributed by atoms with Gasteiger partial charge in [-0.1, -0.05) is 24.3 Å². The molecule has 0 unspecified atom stereocenters. The van der Waals surface area contributed by atoms with Crippen molar-refractivity contribution in [2.45, 2.75) is 6.54 Å². The molecule has 0 aliphatic carbocycles. The molecule has 0 saturated heterocycles. The highest BCUT2D eigenvalue weighted by Gasteiger charge is 2.22. The quantitative estimate of drug-likeness (QED) is 0.688. The minimum atomic E-state index is -3.59. The number of amides is 1. The van der Waals surface area contributed by atoms with Gasteiger partial charge in [0.1, 0.15) is 6.54 Å². The Hall–Kier alpha value is -2.74. The number of likely N-dealkylation sites (N-methyl/N-ethyl adjacent to an activating group) is 1. The first kappa shape index (κ1) is 20.6. The largest absolute Gasteiger partial charge is 0.493 e. The molecule has 7 nitrogen and oxygen atoms in total. The summed E-state index contributed by atoms with van der Waals surface area (Å²) < 4.78 is 35.8. The van der Waals surface area contributed by atoms with Crippen LogP contribution in [0.15, 0.2) is 48.5 Å². The molecule has 1 amide bonds. The Balaban J connectivity index is 2.14. The lowest BCUT2D eigenvalue weighted by Crippen LogP contribution is -2.41. The first-order valence-corrected chi connectivity index (χ1v) is 10.1. The fourth-order valence-corrected chi connectivity index (χ4v) is 3.43. The molecular formula is C19H24N2O5S. The van der Waals surface area contributed by atoms with Crippen molar-refractivity contribution in [2.75, 3.05) is 38.4 Å². The molecule has 2 rings (SSSR count). The van der Waals surface area contributed by atoms with Gasteiger partial charge >= 0.3 is 0 Å². The number of carbonyl (C=O) groups is 1. The fourth-order valence-electron chi connectivity index (χ4n) is 2.58. The summed E-state index contributed by atoms with van der Waals surface area (Å²) in [5.41, 5.74) is 1.29. The Bertz CT molecular complexity index is 884. The number of methoxy groups -OCH3 is 2. The SMILES string of the molecule is COc1ccc(CN(C)C(=O)CN(c2ccccc2)S(C)(=O)=O)cc1OC. The smallest absolute Gasteiger partial charge is 0.243 e. The topological polar surface area (TPSA) is 76.2 Å². The van der Waals surface area contributed by atoms with E-state index in [1.165, 1.54) is 4.90 Å². The summed E-state index contributed by atoms with van der Waals surface area (Å²) in [4.78, 5) is 14.1. The number of benzene rings is 2. The molecule has 8 heteroatoms. The number of hydrogen-bond acceptors (Lipinski definition) is 5. The fraction of sp³-hybridized carbons (Fsp3) is 0.316. The lowest BCUT2D eigenvalue weighted by Gasteiger charge is -2.25. The first-order valence-electron chi connectivity index (χ1n) is 8.24. The third-order valence-corrected chi connectivity index (χ3v) is 5.16. The number of ether oxygens (including phenoxy) is 2. The molecule has 0 aliphatic rings. The highest BCUT2D eigenvalue weighted by atomic mass is 32.2. The van der Waals surface area contributed by atoms with Gasteiger partial charge in [-0.2, -0.15) is 0 Å². The number of para-hydroxylation sites is 1. The average molecular weight is 392 g/mol. The van der Waals surface area contributed by atoms with Crippen molar-refractivity contribution in [1.29, 1.82) is 0 Å². The third-order valence-electron chi connectivity index (χ3n) is 4.02. The number of hydrogen-bond donors (Lipinski definition) is 0. The monoisotopic (exact) mass is 392 g/mol. The summed E-state index contributed by atoms with van der Waals surface area (Å²) in [5.74, 6) is 0.847. The van der Waals surface area contributed by atoms with Crippen LogP contribution in [0.2, 0.25) is 0 Å². The summed E-state index contributed by atoms with van der Waals surface area (Å²) in [6.07, 6.45) is 1.08. The molecule has 2 aromatic carbocycles. The van der Waals surface area contributed by atoms with Crippen molar-refractivity contribution < 1.29 is 22.7 Å². The van der Waals surface area contributed by atoms with Crippen molar-refractivity contribution in [3.63, 3.8) is 0 Å².